The first-order valence-electron chi connectivity index (χ1n) is 7.05. The first-order valence-corrected chi connectivity index (χ1v) is 7.05. The number of amides is 1. The van der Waals surface area contributed by atoms with E-state index in [2.05, 4.69) is 10.3 Å². The van der Waals surface area contributed by atoms with Crippen LogP contribution in [0.4, 0.5) is 8.78 Å². The van der Waals surface area contributed by atoms with E-state index in [1.165, 1.54) is 6.07 Å². The Balaban J connectivity index is 1.96. The summed E-state index contributed by atoms with van der Waals surface area (Å²) >= 11 is 0. The van der Waals surface area contributed by atoms with Gasteiger partial charge in [0, 0.05) is 17.9 Å². The summed E-state index contributed by atoms with van der Waals surface area (Å²) in [6, 6.07) is 3.07. The van der Waals surface area contributed by atoms with Gasteiger partial charge in [-0.05, 0) is 44.7 Å². The number of nitrogens with zero attached hydrogens (tertiary/aromatic N) is 2. The van der Waals surface area contributed by atoms with E-state index in [-0.39, 0.29) is 23.3 Å². The van der Waals surface area contributed by atoms with E-state index in [1.54, 1.807) is 23.6 Å². The quantitative estimate of drug-likeness (QED) is 0.941. The van der Waals surface area contributed by atoms with Gasteiger partial charge in [-0.1, -0.05) is 0 Å². The van der Waals surface area contributed by atoms with Gasteiger partial charge in [-0.3, -0.25) is 4.79 Å². The van der Waals surface area contributed by atoms with E-state index in [0.717, 1.165) is 12.8 Å². The van der Waals surface area contributed by atoms with Gasteiger partial charge >= 0.3 is 0 Å². The van der Waals surface area contributed by atoms with Gasteiger partial charge in [0.2, 0.25) is 0 Å². The number of rotatable bonds is 4. The third kappa shape index (κ3) is 2.62. The van der Waals surface area contributed by atoms with Crippen LogP contribution >= 0.6 is 0 Å². The summed E-state index contributed by atoms with van der Waals surface area (Å²) in [6.45, 7) is 3.69. The maximum Gasteiger partial charge on any atom is 0.280 e. The highest BCUT2D eigenvalue weighted by Crippen LogP contribution is 2.32. The van der Waals surface area contributed by atoms with Crippen LogP contribution in [0.1, 0.15) is 47.9 Å². The predicted molar refractivity (Wildman–Crippen MR) is 74.5 cm³/mol. The van der Waals surface area contributed by atoms with Crippen molar-refractivity contribution < 1.29 is 13.6 Å². The minimum absolute atomic E-state index is 0.104. The number of aromatic nitrogens is 2. The molecule has 0 radical (unpaired) electrons. The fraction of sp³-hybridized carbons (Fsp3) is 0.467. The second kappa shape index (κ2) is 5.09. The van der Waals surface area contributed by atoms with Gasteiger partial charge in [0.05, 0.1) is 5.56 Å². The molecule has 0 aliphatic heterocycles. The summed E-state index contributed by atoms with van der Waals surface area (Å²) in [6.07, 6.45) is 1.30. The molecule has 1 atom stereocenters. The van der Waals surface area contributed by atoms with Gasteiger partial charge in [-0.25, -0.2) is 13.8 Å². The monoisotopic (exact) mass is 293 g/mol. The Bertz CT molecular complexity index is 692. The van der Waals surface area contributed by atoms with Crippen LogP contribution in [0.15, 0.2) is 18.3 Å². The van der Waals surface area contributed by atoms with E-state index >= 15 is 0 Å². The molecule has 2 aromatic rings. The molecule has 1 N–H and O–H groups in total. The van der Waals surface area contributed by atoms with Crippen LogP contribution in [0, 0.1) is 12.8 Å². The lowest BCUT2D eigenvalue weighted by molar-refractivity contribution is 0.0937. The number of carbonyl (C=O) groups is 1. The third-order valence-corrected chi connectivity index (χ3v) is 3.99. The van der Waals surface area contributed by atoms with Crippen molar-refractivity contribution in [2.75, 3.05) is 0 Å². The minimum Gasteiger partial charge on any atom is -0.349 e. The van der Waals surface area contributed by atoms with Crippen LogP contribution < -0.4 is 5.32 Å². The Kier molecular flexibility index (Phi) is 3.39. The zero-order chi connectivity index (χ0) is 15.1. The summed E-state index contributed by atoms with van der Waals surface area (Å²) in [5.41, 5.74) is 0.950. The molecule has 1 fully saturated rings. The van der Waals surface area contributed by atoms with Crippen LogP contribution in [-0.4, -0.2) is 21.3 Å². The Hall–Kier alpha value is -1.98. The molecule has 0 bridgehead atoms. The predicted octanol–water partition coefficient (Wildman–Crippen LogP) is 3.11. The molecule has 3 rings (SSSR count). The highest BCUT2D eigenvalue weighted by molar-refractivity contribution is 6.00. The normalized spacial score (nSPS) is 16.4. The van der Waals surface area contributed by atoms with Gasteiger partial charge in [0.1, 0.15) is 11.3 Å². The van der Waals surface area contributed by atoms with Gasteiger partial charge in [-0.15, -0.1) is 0 Å². The standard InChI is InChI=1S/C15H17F2N3O/c1-8-7-12(13(16)17)19-14-11(5-6-20(8)14)15(21)18-9(2)10-3-4-10/h5-7,9-10,13H,3-4H2,1-2H3,(H,18,21). The van der Waals surface area contributed by atoms with Crippen molar-refractivity contribution in [2.24, 2.45) is 5.92 Å². The maximum absolute atomic E-state index is 12.9. The topological polar surface area (TPSA) is 46.4 Å². The van der Waals surface area contributed by atoms with E-state index < -0.39 is 6.43 Å². The van der Waals surface area contributed by atoms with Crippen LogP contribution in [0.3, 0.4) is 0 Å². The van der Waals surface area contributed by atoms with Crippen molar-refractivity contribution in [3.8, 4) is 0 Å². The summed E-state index contributed by atoms with van der Waals surface area (Å²) in [5, 5.41) is 2.92. The smallest absolute Gasteiger partial charge is 0.280 e. The van der Waals surface area contributed by atoms with Crippen molar-refractivity contribution in [3.63, 3.8) is 0 Å². The molecule has 6 heteroatoms. The van der Waals surface area contributed by atoms with Crippen LogP contribution in [0.2, 0.25) is 0 Å². The average molecular weight is 293 g/mol. The van der Waals surface area contributed by atoms with Gasteiger partial charge in [0.15, 0.2) is 0 Å². The summed E-state index contributed by atoms with van der Waals surface area (Å²) in [5.74, 6) is 0.282. The average Bonchev–Trinajstić information content (AvgIpc) is 3.18. The molecule has 1 saturated carbocycles. The number of hydrogen-bond acceptors (Lipinski definition) is 2. The summed E-state index contributed by atoms with van der Waals surface area (Å²) in [4.78, 5) is 16.2. The molecule has 0 saturated heterocycles. The number of nitrogens with one attached hydrogen (secondary N) is 1. The highest BCUT2D eigenvalue weighted by Gasteiger charge is 2.29. The molecule has 2 aromatic heterocycles. The summed E-state index contributed by atoms with van der Waals surface area (Å²) < 4.78 is 27.4. The molecule has 1 unspecified atom stereocenters. The van der Waals surface area contributed by atoms with E-state index in [1.807, 2.05) is 6.92 Å². The second-order valence-corrected chi connectivity index (χ2v) is 5.65. The molecule has 1 aliphatic rings. The molecule has 21 heavy (non-hydrogen) atoms. The minimum atomic E-state index is -2.65. The molecule has 4 nitrogen and oxygen atoms in total. The van der Waals surface area contributed by atoms with E-state index in [0.29, 0.717) is 17.2 Å². The van der Waals surface area contributed by atoms with Crippen molar-refractivity contribution >= 4 is 11.6 Å². The molecule has 1 amide bonds. The molecule has 112 valence electrons. The Morgan fingerprint density at radius 3 is 2.81 bits per heavy atom. The zero-order valence-corrected chi connectivity index (χ0v) is 11.9. The molecule has 0 aromatic carbocycles. The molecule has 2 heterocycles. The van der Waals surface area contributed by atoms with Crippen molar-refractivity contribution in [1.29, 1.82) is 0 Å². The second-order valence-electron chi connectivity index (χ2n) is 5.65. The van der Waals surface area contributed by atoms with E-state index in [9.17, 15) is 13.6 Å². The fourth-order valence-electron chi connectivity index (χ4n) is 2.55. The Morgan fingerprint density at radius 2 is 2.19 bits per heavy atom. The van der Waals surface area contributed by atoms with Crippen LogP contribution in [-0.2, 0) is 0 Å². The number of halogens is 2. The number of fused-ring (bicyclic) bond motifs is 1. The largest absolute Gasteiger partial charge is 0.349 e. The van der Waals surface area contributed by atoms with E-state index in [4.69, 9.17) is 0 Å². The third-order valence-electron chi connectivity index (χ3n) is 3.99. The highest BCUT2D eigenvalue weighted by atomic mass is 19.3. The first kappa shape index (κ1) is 14.0. The number of aryl methyl sites for hydroxylation is 1. The van der Waals surface area contributed by atoms with Crippen LogP contribution in [0.25, 0.3) is 5.65 Å². The van der Waals surface area contributed by atoms with Crippen LogP contribution in [0.5, 0.6) is 0 Å². The Labute approximate surface area is 121 Å². The molecule has 1 aliphatic carbocycles. The SMILES string of the molecule is Cc1cc(C(F)F)nc2c(C(=O)NC(C)C3CC3)ccn12. The van der Waals surface area contributed by atoms with Gasteiger partial charge < -0.3 is 9.72 Å². The lowest BCUT2D eigenvalue weighted by atomic mass is 10.2. The van der Waals surface area contributed by atoms with Crippen molar-refractivity contribution in [1.82, 2.24) is 14.7 Å². The first-order chi connectivity index (χ1) is 9.97. The molecule has 0 spiro atoms. The zero-order valence-electron chi connectivity index (χ0n) is 11.9. The lowest BCUT2D eigenvalue weighted by Gasteiger charge is -2.12. The van der Waals surface area contributed by atoms with Gasteiger partial charge in [-0.2, -0.15) is 0 Å². The maximum atomic E-state index is 12.9. The molecular weight excluding hydrogens is 276 g/mol. The fourth-order valence-corrected chi connectivity index (χ4v) is 2.55. The lowest BCUT2D eigenvalue weighted by Crippen LogP contribution is -2.34. The summed E-state index contributed by atoms with van der Waals surface area (Å²) in [7, 11) is 0. The Morgan fingerprint density at radius 1 is 1.48 bits per heavy atom. The number of carbonyl (C=O) groups excluding carboxylic acids is 1. The van der Waals surface area contributed by atoms with Crippen molar-refractivity contribution in [2.45, 2.75) is 39.2 Å². The number of alkyl halides is 2. The van der Waals surface area contributed by atoms with Crippen molar-refractivity contribution in [3.05, 3.63) is 35.3 Å². The molecular formula is C15H17F2N3O. The van der Waals surface area contributed by atoms with Gasteiger partial charge in [0.25, 0.3) is 12.3 Å². The number of hydrogen-bond donors (Lipinski definition) is 1.